The lowest BCUT2D eigenvalue weighted by molar-refractivity contribution is -0.0987. The molecular weight excluding hydrogens is 353 g/mol. The number of aliphatic hydroxyl groups excluding tert-OH is 1. The van der Waals surface area contributed by atoms with Crippen LogP contribution in [-0.4, -0.2) is 31.4 Å². The van der Waals surface area contributed by atoms with Gasteiger partial charge in [0.1, 0.15) is 11.4 Å². The van der Waals surface area contributed by atoms with Crippen LogP contribution < -0.4 is 5.32 Å². The first-order chi connectivity index (χ1) is 13.7. The summed E-state index contributed by atoms with van der Waals surface area (Å²) < 4.78 is 20.4. The van der Waals surface area contributed by atoms with E-state index in [1.165, 1.54) is 6.07 Å². The van der Waals surface area contributed by atoms with Crippen molar-refractivity contribution in [3.05, 3.63) is 95.8 Å². The Morgan fingerprint density at radius 3 is 2.50 bits per heavy atom. The van der Waals surface area contributed by atoms with E-state index in [1.807, 2.05) is 60.7 Å². The highest BCUT2D eigenvalue weighted by Gasteiger charge is 2.44. The molecular formula is C24H24FNO2. The Morgan fingerprint density at radius 1 is 1.00 bits per heavy atom. The van der Waals surface area contributed by atoms with Crippen molar-refractivity contribution in [2.45, 2.75) is 11.5 Å². The summed E-state index contributed by atoms with van der Waals surface area (Å²) in [6.45, 7) is 1.82. The van der Waals surface area contributed by atoms with Gasteiger partial charge in [-0.3, -0.25) is 0 Å². The van der Waals surface area contributed by atoms with Crippen LogP contribution in [0, 0.1) is 5.82 Å². The van der Waals surface area contributed by atoms with Crippen LogP contribution in [0.1, 0.15) is 17.0 Å². The fourth-order valence-electron chi connectivity index (χ4n) is 4.18. The maximum absolute atomic E-state index is 13.9. The molecule has 2 atom stereocenters. The molecule has 2 unspecified atom stereocenters. The zero-order valence-corrected chi connectivity index (χ0v) is 15.6. The normalized spacial score (nSPS) is 20.6. The highest BCUT2D eigenvalue weighted by molar-refractivity contribution is 5.69. The van der Waals surface area contributed by atoms with Gasteiger partial charge in [-0.2, -0.15) is 0 Å². The van der Waals surface area contributed by atoms with E-state index in [2.05, 4.69) is 5.32 Å². The number of halogens is 1. The first-order valence-electron chi connectivity index (χ1n) is 9.60. The summed E-state index contributed by atoms with van der Waals surface area (Å²) >= 11 is 0. The molecule has 0 saturated carbocycles. The first kappa shape index (κ1) is 18.8. The molecule has 0 bridgehead atoms. The Morgan fingerprint density at radius 2 is 1.79 bits per heavy atom. The van der Waals surface area contributed by atoms with Gasteiger partial charge >= 0.3 is 0 Å². The fourth-order valence-corrected chi connectivity index (χ4v) is 4.18. The van der Waals surface area contributed by atoms with Gasteiger partial charge < -0.3 is 15.2 Å². The smallest absolute Gasteiger partial charge is 0.123 e. The number of rotatable bonds is 5. The van der Waals surface area contributed by atoms with Gasteiger partial charge in [-0.25, -0.2) is 4.39 Å². The topological polar surface area (TPSA) is 41.5 Å². The SMILES string of the molecule is OCC(c1ccccc1)C1(c2ccccc2-c2cccc(F)c2)CNCCO1. The van der Waals surface area contributed by atoms with E-state index in [4.69, 9.17) is 4.74 Å². The van der Waals surface area contributed by atoms with E-state index >= 15 is 0 Å². The largest absolute Gasteiger partial charge is 0.396 e. The average Bonchev–Trinajstić information content (AvgIpc) is 2.76. The summed E-state index contributed by atoms with van der Waals surface area (Å²) in [7, 11) is 0. The third-order valence-electron chi connectivity index (χ3n) is 5.49. The number of hydrogen-bond donors (Lipinski definition) is 2. The van der Waals surface area contributed by atoms with Gasteiger partial charge in [-0.05, 0) is 34.4 Å². The Hall–Kier alpha value is -2.53. The summed E-state index contributed by atoms with van der Waals surface area (Å²) in [5, 5.41) is 13.8. The monoisotopic (exact) mass is 377 g/mol. The lowest BCUT2D eigenvalue weighted by Crippen LogP contribution is -2.52. The van der Waals surface area contributed by atoms with Crippen LogP contribution in [0.15, 0.2) is 78.9 Å². The Kier molecular flexibility index (Phi) is 5.53. The molecule has 1 heterocycles. The predicted octanol–water partition coefficient (Wildman–Crippen LogP) is 4.08. The van der Waals surface area contributed by atoms with Crippen LogP contribution in [0.25, 0.3) is 11.1 Å². The fraction of sp³-hybridized carbons (Fsp3) is 0.250. The van der Waals surface area contributed by atoms with Gasteiger partial charge in [-0.15, -0.1) is 0 Å². The molecule has 28 heavy (non-hydrogen) atoms. The predicted molar refractivity (Wildman–Crippen MR) is 109 cm³/mol. The summed E-state index contributed by atoms with van der Waals surface area (Å²) in [5.41, 5.74) is 2.93. The van der Waals surface area contributed by atoms with Crippen molar-refractivity contribution < 1.29 is 14.2 Å². The van der Waals surface area contributed by atoms with Crippen LogP contribution in [0.2, 0.25) is 0 Å². The van der Waals surface area contributed by atoms with E-state index in [9.17, 15) is 9.50 Å². The minimum absolute atomic E-state index is 0.0524. The molecule has 4 rings (SSSR count). The van der Waals surface area contributed by atoms with E-state index in [0.717, 1.165) is 28.8 Å². The lowest BCUT2D eigenvalue weighted by Gasteiger charge is -2.44. The van der Waals surface area contributed by atoms with Gasteiger partial charge in [0.2, 0.25) is 0 Å². The maximum atomic E-state index is 13.9. The molecule has 3 nitrogen and oxygen atoms in total. The standard InChI is InChI=1S/C24H24FNO2/c25-20-10-6-9-19(15-20)21-11-4-5-12-22(21)24(17-26-13-14-28-24)23(16-27)18-7-2-1-3-8-18/h1-12,15,23,26-27H,13-14,16-17H2. The van der Waals surface area contributed by atoms with Gasteiger partial charge in [0.25, 0.3) is 0 Å². The number of aliphatic hydroxyl groups is 1. The van der Waals surface area contributed by atoms with Crippen molar-refractivity contribution in [1.82, 2.24) is 5.32 Å². The van der Waals surface area contributed by atoms with Crippen molar-refractivity contribution in [2.24, 2.45) is 0 Å². The third-order valence-corrected chi connectivity index (χ3v) is 5.49. The van der Waals surface area contributed by atoms with E-state index < -0.39 is 5.60 Å². The van der Waals surface area contributed by atoms with Crippen LogP contribution in [-0.2, 0) is 10.3 Å². The molecule has 1 aliphatic heterocycles. The van der Waals surface area contributed by atoms with Gasteiger partial charge in [0.05, 0.1) is 13.2 Å². The zero-order valence-electron chi connectivity index (χ0n) is 15.6. The Labute approximate surface area is 164 Å². The summed E-state index contributed by atoms with van der Waals surface area (Å²) in [4.78, 5) is 0. The molecule has 0 amide bonds. The van der Waals surface area contributed by atoms with Crippen LogP contribution in [0.4, 0.5) is 4.39 Å². The van der Waals surface area contributed by atoms with Crippen LogP contribution in [0.5, 0.6) is 0 Å². The molecule has 0 radical (unpaired) electrons. The molecule has 144 valence electrons. The average molecular weight is 377 g/mol. The Bertz CT molecular complexity index is 923. The van der Waals surface area contributed by atoms with Crippen LogP contribution in [0.3, 0.4) is 0 Å². The quantitative estimate of drug-likeness (QED) is 0.704. The third kappa shape index (κ3) is 3.47. The van der Waals surface area contributed by atoms with Crippen molar-refractivity contribution in [1.29, 1.82) is 0 Å². The Balaban J connectivity index is 1.90. The second-order valence-corrected chi connectivity index (χ2v) is 7.12. The van der Waals surface area contributed by atoms with Crippen molar-refractivity contribution >= 4 is 0 Å². The molecule has 0 spiro atoms. The first-order valence-corrected chi connectivity index (χ1v) is 9.60. The maximum Gasteiger partial charge on any atom is 0.123 e. The van der Waals surface area contributed by atoms with Crippen LogP contribution >= 0.6 is 0 Å². The highest BCUT2D eigenvalue weighted by Crippen LogP contribution is 2.44. The zero-order chi connectivity index (χ0) is 19.4. The number of ether oxygens (including phenoxy) is 1. The number of hydrogen-bond acceptors (Lipinski definition) is 3. The second kappa shape index (κ2) is 8.23. The molecule has 1 saturated heterocycles. The van der Waals surface area contributed by atoms with Crippen molar-refractivity contribution in [3.63, 3.8) is 0 Å². The van der Waals surface area contributed by atoms with E-state index in [0.29, 0.717) is 13.2 Å². The van der Waals surface area contributed by atoms with E-state index in [1.54, 1.807) is 12.1 Å². The molecule has 3 aromatic rings. The minimum Gasteiger partial charge on any atom is -0.396 e. The van der Waals surface area contributed by atoms with Gasteiger partial charge in [0.15, 0.2) is 0 Å². The van der Waals surface area contributed by atoms with Crippen molar-refractivity contribution in [3.8, 4) is 11.1 Å². The highest BCUT2D eigenvalue weighted by atomic mass is 19.1. The molecule has 1 aliphatic rings. The summed E-state index contributed by atoms with van der Waals surface area (Å²) in [6.07, 6.45) is 0. The number of nitrogens with one attached hydrogen (secondary N) is 1. The van der Waals surface area contributed by atoms with E-state index in [-0.39, 0.29) is 18.3 Å². The van der Waals surface area contributed by atoms with Gasteiger partial charge in [0, 0.05) is 19.0 Å². The molecule has 1 fully saturated rings. The molecule has 2 N–H and O–H groups in total. The summed E-state index contributed by atoms with van der Waals surface area (Å²) in [5.74, 6) is -0.526. The summed E-state index contributed by atoms with van der Waals surface area (Å²) in [6, 6.07) is 24.5. The van der Waals surface area contributed by atoms with Crippen molar-refractivity contribution in [2.75, 3.05) is 26.3 Å². The molecule has 0 aliphatic carbocycles. The minimum atomic E-state index is -0.753. The molecule has 0 aromatic heterocycles. The molecule has 4 heteroatoms. The second-order valence-electron chi connectivity index (χ2n) is 7.12. The van der Waals surface area contributed by atoms with Gasteiger partial charge in [-0.1, -0.05) is 66.7 Å². The molecule has 3 aromatic carbocycles. The lowest BCUT2D eigenvalue weighted by atomic mass is 9.74. The number of morpholine rings is 1. The number of benzene rings is 3.